The molecule has 1 aromatic heterocycles. The fourth-order valence-electron chi connectivity index (χ4n) is 2.37. The van der Waals surface area contributed by atoms with Crippen LogP contribution in [-0.4, -0.2) is 36.1 Å². The summed E-state index contributed by atoms with van der Waals surface area (Å²) in [6, 6.07) is 16.9. The summed E-state index contributed by atoms with van der Waals surface area (Å²) in [7, 11) is 2.68. The van der Waals surface area contributed by atoms with Gasteiger partial charge >= 0.3 is 5.97 Å². The number of esters is 1. The van der Waals surface area contributed by atoms with Gasteiger partial charge in [0.2, 0.25) is 5.89 Å². The average Bonchev–Trinajstić information content (AvgIpc) is 3.20. The molecule has 0 aliphatic rings. The van der Waals surface area contributed by atoms with Crippen molar-refractivity contribution in [1.29, 1.82) is 0 Å². The molecule has 0 atom stereocenters. The Balaban J connectivity index is 1.78. The number of thioether (sulfide) groups is 1. The number of rotatable bonds is 7. The fourth-order valence-corrected chi connectivity index (χ4v) is 3.13. The van der Waals surface area contributed by atoms with Crippen LogP contribution in [0.2, 0.25) is 0 Å². The number of hydrogen-bond donors (Lipinski definition) is 0. The average molecular weight is 383 g/mol. The molecular weight excluding hydrogens is 366 g/mol. The summed E-state index contributed by atoms with van der Waals surface area (Å²) < 4.78 is 10.5. The zero-order valence-electron chi connectivity index (χ0n) is 14.8. The normalized spacial score (nSPS) is 11.3. The second-order valence-electron chi connectivity index (χ2n) is 5.30. The van der Waals surface area contributed by atoms with Gasteiger partial charge in [-0.2, -0.15) is 0 Å². The van der Waals surface area contributed by atoms with E-state index in [-0.39, 0.29) is 5.71 Å². The number of carbonyl (C=O) groups excluding carboxylic acids is 1. The quantitative estimate of drug-likeness (QED) is 0.267. The number of hydrogen-bond acceptors (Lipinski definition) is 8. The molecule has 0 fully saturated rings. The van der Waals surface area contributed by atoms with Crippen molar-refractivity contribution in [2.24, 2.45) is 5.16 Å². The van der Waals surface area contributed by atoms with Crippen molar-refractivity contribution < 1.29 is 18.8 Å². The van der Waals surface area contributed by atoms with Gasteiger partial charge in [-0.05, 0) is 17.7 Å². The van der Waals surface area contributed by atoms with Gasteiger partial charge in [0.05, 0.1) is 7.11 Å². The standard InChI is InChI=1S/C19H17N3O4S/c1-24-18(23)16(22-25-2)15-11-7-6-10-14(15)12-27-19-21-20-17(26-19)13-8-4-3-5-9-13/h3-11H,12H2,1-2H3/b22-16+. The van der Waals surface area contributed by atoms with E-state index in [1.165, 1.54) is 26.0 Å². The number of benzene rings is 2. The van der Waals surface area contributed by atoms with Crippen LogP contribution in [0.1, 0.15) is 11.1 Å². The molecule has 8 heteroatoms. The molecule has 0 spiro atoms. The maximum atomic E-state index is 12.0. The highest BCUT2D eigenvalue weighted by molar-refractivity contribution is 7.98. The minimum Gasteiger partial charge on any atom is -0.464 e. The Morgan fingerprint density at radius 3 is 2.56 bits per heavy atom. The SMILES string of the molecule is CO/N=C(/C(=O)OC)c1ccccc1CSc1nnc(-c2ccccc2)o1. The van der Waals surface area contributed by atoms with Gasteiger partial charge in [-0.1, -0.05) is 59.4 Å². The van der Waals surface area contributed by atoms with Crippen LogP contribution in [0.4, 0.5) is 0 Å². The van der Waals surface area contributed by atoms with Crippen molar-refractivity contribution in [3.05, 3.63) is 65.7 Å². The predicted octanol–water partition coefficient (Wildman–Crippen LogP) is 3.55. The smallest absolute Gasteiger partial charge is 0.360 e. The van der Waals surface area contributed by atoms with E-state index < -0.39 is 5.97 Å². The molecule has 3 rings (SSSR count). The molecule has 0 aliphatic heterocycles. The van der Waals surface area contributed by atoms with E-state index in [4.69, 9.17) is 14.0 Å². The molecule has 0 unspecified atom stereocenters. The van der Waals surface area contributed by atoms with Crippen molar-refractivity contribution in [3.63, 3.8) is 0 Å². The molecule has 0 bridgehead atoms. The maximum Gasteiger partial charge on any atom is 0.360 e. The largest absolute Gasteiger partial charge is 0.464 e. The van der Waals surface area contributed by atoms with E-state index in [2.05, 4.69) is 15.4 Å². The molecule has 3 aromatic rings. The van der Waals surface area contributed by atoms with Crippen LogP contribution >= 0.6 is 11.8 Å². The van der Waals surface area contributed by atoms with Crippen LogP contribution in [0.25, 0.3) is 11.5 Å². The first-order valence-corrected chi connectivity index (χ1v) is 9.01. The van der Waals surface area contributed by atoms with Crippen molar-refractivity contribution >= 4 is 23.4 Å². The third kappa shape index (κ3) is 4.53. The summed E-state index contributed by atoms with van der Waals surface area (Å²) in [6.07, 6.45) is 0. The first-order chi connectivity index (χ1) is 13.2. The van der Waals surface area contributed by atoms with Crippen molar-refractivity contribution in [2.75, 3.05) is 14.2 Å². The van der Waals surface area contributed by atoms with Gasteiger partial charge in [-0.3, -0.25) is 0 Å². The number of oxime groups is 1. The first-order valence-electron chi connectivity index (χ1n) is 8.02. The Morgan fingerprint density at radius 1 is 1.07 bits per heavy atom. The highest BCUT2D eigenvalue weighted by Crippen LogP contribution is 2.27. The second-order valence-corrected chi connectivity index (χ2v) is 6.23. The fraction of sp³-hybridized carbons (Fsp3) is 0.158. The van der Waals surface area contributed by atoms with Gasteiger partial charge in [0.15, 0.2) is 5.71 Å². The van der Waals surface area contributed by atoms with Crippen molar-refractivity contribution in [1.82, 2.24) is 10.2 Å². The Bertz CT molecular complexity index is 941. The van der Waals surface area contributed by atoms with E-state index >= 15 is 0 Å². The van der Waals surface area contributed by atoms with E-state index in [0.29, 0.717) is 22.4 Å². The molecule has 0 aliphatic carbocycles. The molecule has 138 valence electrons. The lowest BCUT2D eigenvalue weighted by Gasteiger charge is -2.09. The third-order valence-electron chi connectivity index (χ3n) is 3.61. The summed E-state index contributed by atoms with van der Waals surface area (Å²) in [6.45, 7) is 0. The lowest BCUT2D eigenvalue weighted by atomic mass is 10.0. The van der Waals surface area contributed by atoms with Gasteiger partial charge in [0, 0.05) is 16.9 Å². The van der Waals surface area contributed by atoms with Crippen LogP contribution in [0, 0.1) is 0 Å². The van der Waals surface area contributed by atoms with Gasteiger partial charge in [0.25, 0.3) is 5.22 Å². The molecule has 0 saturated heterocycles. The molecule has 7 nitrogen and oxygen atoms in total. The van der Waals surface area contributed by atoms with Crippen LogP contribution < -0.4 is 0 Å². The summed E-state index contributed by atoms with van der Waals surface area (Å²) in [5.74, 6) is 0.396. The van der Waals surface area contributed by atoms with Gasteiger partial charge < -0.3 is 14.0 Å². The summed E-state index contributed by atoms with van der Waals surface area (Å²) in [5, 5.41) is 12.4. The zero-order valence-corrected chi connectivity index (χ0v) is 15.6. The molecule has 27 heavy (non-hydrogen) atoms. The van der Waals surface area contributed by atoms with Crippen LogP contribution in [0.3, 0.4) is 0 Å². The van der Waals surface area contributed by atoms with Crippen molar-refractivity contribution in [3.8, 4) is 11.5 Å². The summed E-state index contributed by atoms with van der Waals surface area (Å²) >= 11 is 1.37. The summed E-state index contributed by atoms with van der Waals surface area (Å²) in [5.41, 5.74) is 2.45. The molecule has 2 aromatic carbocycles. The minimum absolute atomic E-state index is 0.103. The van der Waals surface area contributed by atoms with E-state index in [0.717, 1.165) is 11.1 Å². The van der Waals surface area contributed by atoms with E-state index in [1.807, 2.05) is 48.5 Å². The van der Waals surface area contributed by atoms with Gasteiger partial charge in [-0.15, -0.1) is 10.2 Å². The molecule has 0 amide bonds. The Kier molecular flexibility index (Phi) is 6.22. The molecule has 1 heterocycles. The Hall–Kier alpha value is -3.13. The van der Waals surface area contributed by atoms with Crippen LogP contribution in [0.15, 0.2) is 69.4 Å². The van der Waals surface area contributed by atoms with E-state index in [1.54, 1.807) is 6.07 Å². The first kappa shape index (κ1) is 18.7. The second kappa shape index (κ2) is 9.00. The highest BCUT2D eigenvalue weighted by atomic mass is 32.2. The Morgan fingerprint density at radius 2 is 1.81 bits per heavy atom. The van der Waals surface area contributed by atoms with Gasteiger partial charge in [0.1, 0.15) is 7.11 Å². The maximum absolute atomic E-state index is 12.0. The number of carbonyl (C=O) groups is 1. The third-order valence-corrected chi connectivity index (χ3v) is 4.48. The van der Waals surface area contributed by atoms with Crippen LogP contribution in [0.5, 0.6) is 0 Å². The lowest BCUT2D eigenvalue weighted by molar-refractivity contribution is -0.132. The predicted molar refractivity (Wildman–Crippen MR) is 101 cm³/mol. The summed E-state index contributed by atoms with van der Waals surface area (Å²) in [4.78, 5) is 16.8. The molecule has 0 radical (unpaired) electrons. The minimum atomic E-state index is -0.571. The Labute approximate surface area is 160 Å². The van der Waals surface area contributed by atoms with E-state index in [9.17, 15) is 4.79 Å². The molecule has 0 saturated carbocycles. The number of aromatic nitrogens is 2. The molecule has 0 N–H and O–H groups in total. The number of nitrogens with zero attached hydrogens (tertiary/aromatic N) is 3. The van der Waals surface area contributed by atoms with Crippen LogP contribution in [-0.2, 0) is 20.1 Å². The lowest BCUT2D eigenvalue weighted by Crippen LogP contribution is -2.19. The zero-order chi connectivity index (χ0) is 19.1. The van der Waals surface area contributed by atoms with Crippen molar-refractivity contribution in [2.45, 2.75) is 11.0 Å². The van der Waals surface area contributed by atoms with Gasteiger partial charge in [-0.25, -0.2) is 4.79 Å². The number of methoxy groups -OCH3 is 1. The number of ether oxygens (including phenoxy) is 1. The molecular formula is C19H17N3O4S. The highest BCUT2D eigenvalue weighted by Gasteiger charge is 2.19. The monoisotopic (exact) mass is 383 g/mol. The topological polar surface area (TPSA) is 86.8 Å².